The third-order valence-electron chi connectivity index (χ3n) is 7.44. The molecule has 5 rings (SSSR count). The van der Waals surface area contributed by atoms with Crippen molar-refractivity contribution in [3.8, 4) is 5.88 Å². The molecule has 1 N–H and O–H groups in total. The van der Waals surface area contributed by atoms with Crippen LogP contribution in [-0.4, -0.2) is 68.1 Å². The number of likely N-dealkylation sites (tertiary alicyclic amines) is 1. The van der Waals surface area contributed by atoms with Gasteiger partial charge in [0.05, 0.1) is 24.9 Å². The molecule has 0 unspecified atom stereocenters. The van der Waals surface area contributed by atoms with Crippen molar-refractivity contribution < 1.29 is 28.2 Å². The van der Waals surface area contributed by atoms with Crippen molar-refractivity contribution in [2.45, 2.75) is 57.9 Å². The van der Waals surface area contributed by atoms with Crippen molar-refractivity contribution in [1.82, 2.24) is 19.4 Å². The molecule has 0 saturated carbocycles. The molecule has 42 heavy (non-hydrogen) atoms. The average Bonchev–Trinajstić information content (AvgIpc) is 3.22. The van der Waals surface area contributed by atoms with Gasteiger partial charge in [-0.25, -0.2) is 28.5 Å². The van der Waals surface area contributed by atoms with Gasteiger partial charge in [-0.05, 0) is 62.1 Å². The summed E-state index contributed by atoms with van der Waals surface area (Å²) < 4.78 is 42.4. The van der Waals surface area contributed by atoms with E-state index in [1.54, 1.807) is 19.1 Å². The van der Waals surface area contributed by atoms with Gasteiger partial charge in [0, 0.05) is 36.8 Å². The molecule has 0 bridgehead atoms. The first kappa shape index (κ1) is 29.8. The number of aromatic nitrogens is 3. The fraction of sp³-hybridized carbons (Fsp3) is 0.400. The van der Waals surface area contributed by atoms with Crippen LogP contribution in [0.5, 0.6) is 5.88 Å². The number of hydrogen-bond acceptors (Lipinski definition) is 7. The number of hydrogen-bond donors (Lipinski definition) is 1. The number of imidazole rings is 1. The summed E-state index contributed by atoms with van der Waals surface area (Å²) >= 11 is 5.84. The minimum Gasteiger partial charge on any atom is -0.477 e. The van der Waals surface area contributed by atoms with E-state index in [0.717, 1.165) is 12.2 Å². The van der Waals surface area contributed by atoms with Gasteiger partial charge in [-0.3, -0.25) is 4.90 Å². The second kappa shape index (κ2) is 13.1. The van der Waals surface area contributed by atoms with Crippen LogP contribution in [0.4, 0.5) is 14.6 Å². The summed E-state index contributed by atoms with van der Waals surface area (Å²) in [7, 11) is 0. The Labute approximate surface area is 247 Å². The van der Waals surface area contributed by atoms with E-state index in [9.17, 15) is 18.7 Å². The van der Waals surface area contributed by atoms with Gasteiger partial charge in [0.15, 0.2) is 11.6 Å². The van der Waals surface area contributed by atoms with Crippen LogP contribution in [0.25, 0.3) is 0 Å². The minimum absolute atomic E-state index is 0.0248. The summed E-state index contributed by atoms with van der Waals surface area (Å²) in [6.07, 6.45) is 3.39. The molecule has 3 aromatic rings. The van der Waals surface area contributed by atoms with E-state index in [0.29, 0.717) is 73.4 Å². The molecule has 222 valence electrons. The lowest BCUT2D eigenvalue weighted by atomic mass is 10.1. The summed E-state index contributed by atoms with van der Waals surface area (Å²) in [5.41, 5.74) is 1.38. The van der Waals surface area contributed by atoms with E-state index >= 15 is 0 Å². The number of carboxylic acid groups (broad SMARTS) is 1. The predicted octanol–water partition coefficient (Wildman–Crippen LogP) is 5.28. The van der Waals surface area contributed by atoms with Gasteiger partial charge in [-0.1, -0.05) is 24.2 Å². The van der Waals surface area contributed by atoms with Crippen molar-refractivity contribution in [3.05, 3.63) is 82.4 Å². The highest BCUT2D eigenvalue weighted by Crippen LogP contribution is 2.28. The fourth-order valence-corrected chi connectivity index (χ4v) is 5.21. The first-order valence-electron chi connectivity index (χ1n) is 13.8. The molecular weight excluding hydrogens is 568 g/mol. The third-order valence-corrected chi connectivity index (χ3v) is 7.68. The molecule has 0 aliphatic carbocycles. The third kappa shape index (κ3) is 7.03. The molecule has 2 fully saturated rings. The molecule has 9 nitrogen and oxygen atoms in total. The smallest absolute Gasteiger partial charge is 0.354 e. The van der Waals surface area contributed by atoms with Gasteiger partial charge in [-0.15, -0.1) is 0 Å². The van der Waals surface area contributed by atoms with E-state index in [2.05, 4.69) is 21.5 Å². The molecule has 2 saturated heterocycles. The molecule has 1 atom stereocenters. The highest BCUT2D eigenvalue weighted by atomic mass is 35.5. The highest BCUT2D eigenvalue weighted by Gasteiger charge is 2.27. The predicted molar refractivity (Wildman–Crippen MR) is 154 cm³/mol. The topological polar surface area (TPSA) is 102 Å². The Balaban J connectivity index is 1.24. The van der Waals surface area contributed by atoms with Crippen LogP contribution in [-0.2, 0) is 29.0 Å². The van der Waals surface area contributed by atoms with E-state index in [-0.39, 0.29) is 30.2 Å². The maximum Gasteiger partial charge on any atom is 0.354 e. The minimum atomic E-state index is -1.16. The van der Waals surface area contributed by atoms with Crippen molar-refractivity contribution in [2.75, 3.05) is 19.7 Å². The summed E-state index contributed by atoms with van der Waals surface area (Å²) in [5.74, 6) is -1.01. The number of aliphatic imine (C=N–C) groups is 1. The lowest BCUT2D eigenvalue weighted by Crippen LogP contribution is -2.39. The normalized spacial score (nSPS) is 18.1. The lowest BCUT2D eigenvalue weighted by molar-refractivity contribution is -0.129. The number of halogens is 3. The number of aliphatic carboxylic acids is 1. The molecule has 4 heterocycles. The first-order chi connectivity index (χ1) is 20.2. The number of piperidine rings is 1. The zero-order valence-corrected chi connectivity index (χ0v) is 24.0. The number of rotatable bonds is 11. The van der Waals surface area contributed by atoms with Crippen LogP contribution in [0.15, 0.2) is 48.0 Å². The summed E-state index contributed by atoms with van der Waals surface area (Å²) in [4.78, 5) is 27.2. The van der Waals surface area contributed by atoms with Gasteiger partial charge in [-0.2, -0.15) is 0 Å². The van der Waals surface area contributed by atoms with Crippen molar-refractivity contribution in [2.24, 2.45) is 4.99 Å². The molecule has 0 radical (unpaired) electrons. The van der Waals surface area contributed by atoms with Gasteiger partial charge < -0.3 is 19.1 Å². The largest absolute Gasteiger partial charge is 0.477 e. The van der Waals surface area contributed by atoms with Gasteiger partial charge in [0.25, 0.3) is 5.88 Å². The van der Waals surface area contributed by atoms with Crippen molar-refractivity contribution in [3.63, 3.8) is 0 Å². The van der Waals surface area contributed by atoms with Crippen molar-refractivity contribution in [1.29, 1.82) is 0 Å². The standard InChI is InChI=1S/C30H32ClF2N5O4/c1-3-26(30(39)40)36-28-18(2)34-27(38(28)16-23-10-13-41-23)17-37-11-8-22(9-12-37)42-29-24(32)7-6-21(35-29)14-19-4-5-20(31)15-25(19)33/h3-7,15,22-23H,1,8-14,16-17H2,2H3,(H,39,40)/b36-26+/t23-/m0/s1. The van der Waals surface area contributed by atoms with Crippen LogP contribution >= 0.6 is 11.6 Å². The molecule has 2 aliphatic heterocycles. The molecule has 2 aliphatic rings. The lowest BCUT2D eigenvalue weighted by Gasteiger charge is -2.32. The van der Waals surface area contributed by atoms with Gasteiger partial charge in [0.2, 0.25) is 0 Å². The maximum absolute atomic E-state index is 14.6. The maximum atomic E-state index is 14.6. The number of carboxylic acids is 1. The fourth-order valence-electron chi connectivity index (χ4n) is 5.05. The summed E-state index contributed by atoms with van der Waals surface area (Å²) in [5, 5.41) is 9.75. The quantitative estimate of drug-likeness (QED) is 0.299. The summed E-state index contributed by atoms with van der Waals surface area (Å²) in [6.45, 7) is 8.48. The number of benzene rings is 1. The Hall–Kier alpha value is -3.67. The Kier molecular flexibility index (Phi) is 9.30. The number of ether oxygens (including phenoxy) is 2. The molecule has 2 aromatic heterocycles. The molecule has 0 amide bonds. The van der Waals surface area contributed by atoms with Gasteiger partial charge >= 0.3 is 5.97 Å². The second-order valence-corrected chi connectivity index (χ2v) is 10.9. The van der Waals surface area contributed by atoms with Crippen molar-refractivity contribution >= 4 is 29.1 Å². The molecule has 0 spiro atoms. The number of pyridine rings is 1. The average molecular weight is 600 g/mol. The number of carbonyl (C=O) groups is 1. The number of aryl methyl sites for hydroxylation is 1. The van der Waals surface area contributed by atoms with E-state index in [1.165, 1.54) is 24.3 Å². The zero-order valence-electron chi connectivity index (χ0n) is 23.2. The van der Waals surface area contributed by atoms with Gasteiger partial charge in [0.1, 0.15) is 23.5 Å². The molecule has 12 heteroatoms. The Bertz CT molecular complexity index is 1500. The molecule has 1 aromatic carbocycles. The van der Waals surface area contributed by atoms with E-state index < -0.39 is 17.6 Å². The van der Waals surface area contributed by atoms with Crippen LogP contribution < -0.4 is 4.74 Å². The van der Waals surface area contributed by atoms with Crippen LogP contribution in [0.3, 0.4) is 0 Å². The van der Waals surface area contributed by atoms with Crippen LogP contribution in [0, 0.1) is 18.6 Å². The zero-order chi connectivity index (χ0) is 29.8. The second-order valence-electron chi connectivity index (χ2n) is 10.4. The Morgan fingerprint density at radius 2 is 1.98 bits per heavy atom. The van der Waals surface area contributed by atoms with E-state index in [4.69, 9.17) is 26.1 Å². The Morgan fingerprint density at radius 3 is 2.62 bits per heavy atom. The van der Waals surface area contributed by atoms with Crippen LogP contribution in [0.2, 0.25) is 5.02 Å². The number of nitrogens with zero attached hydrogens (tertiary/aromatic N) is 5. The SMILES string of the molecule is C=C/C(=N\c1c(C)nc(CN2CCC(Oc3nc(Cc4ccc(Cl)cc4F)ccc3F)CC2)n1C[C@@H]1CCO1)C(=O)O. The molecular formula is C30H32ClF2N5O4. The summed E-state index contributed by atoms with van der Waals surface area (Å²) in [6, 6.07) is 7.24. The first-order valence-corrected chi connectivity index (χ1v) is 14.2. The Morgan fingerprint density at radius 1 is 1.21 bits per heavy atom. The monoisotopic (exact) mass is 599 g/mol. The van der Waals surface area contributed by atoms with Crippen LogP contribution in [0.1, 0.15) is 42.0 Å². The highest BCUT2D eigenvalue weighted by molar-refractivity contribution is 6.40. The van der Waals surface area contributed by atoms with E-state index in [1.807, 2.05) is 4.57 Å².